The maximum Gasteiger partial charge on any atom is 0.191 e. The molecule has 0 heterocycles. The zero-order valence-electron chi connectivity index (χ0n) is 5.25. The molecule has 0 unspecified atom stereocenters. The number of hydrogen-bond acceptors (Lipinski definition) is 1. The molecule has 0 bridgehead atoms. The van der Waals surface area contributed by atoms with E-state index in [0.717, 1.165) is 0 Å². The third-order valence-electron chi connectivity index (χ3n) is 0.503. The minimum atomic E-state index is -0.520. The summed E-state index contributed by atoms with van der Waals surface area (Å²) in [5, 5.41) is -0.520. The SMILES string of the molecule is [CH-]=CC=[C-]/C=C/C(=O)Cl.[Y]. The van der Waals surface area contributed by atoms with Crippen LogP contribution in [-0.2, 0) is 37.5 Å². The summed E-state index contributed by atoms with van der Waals surface area (Å²) in [6.07, 6.45) is 7.92. The van der Waals surface area contributed by atoms with Gasteiger partial charge in [-0.05, 0) is 0 Å². The molecule has 0 fully saturated rings. The summed E-state index contributed by atoms with van der Waals surface area (Å²) in [6, 6.07) is 0. The van der Waals surface area contributed by atoms with Gasteiger partial charge in [0.1, 0.15) is 0 Å². The van der Waals surface area contributed by atoms with Gasteiger partial charge in [-0.15, -0.1) is 6.08 Å². The molecule has 3 heteroatoms. The van der Waals surface area contributed by atoms with Crippen molar-refractivity contribution in [3.05, 3.63) is 37.0 Å². The second kappa shape index (κ2) is 9.28. The summed E-state index contributed by atoms with van der Waals surface area (Å²) in [5.74, 6) is 0. The Bertz CT molecular complexity index is 161. The summed E-state index contributed by atoms with van der Waals surface area (Å²) in [5.41, 5.74) is 0. The third-order valence-corrected chi connectivity index (χ3v) is 0.629. The van der Waals surface area contributed by atoms with Crippen LogP contribution in [-0.4, -0.2) is 5.24 Å². The van der Waals surface area contributed by atoms with Gasteiger partial charge in [0.05, 0.1) is 0 Å². The van der Waals surface area contributed by atoms with E-state index in [0.29, 0.717) is 0 Å². The molecular weight excluding hydrogens is 224 g/mol. The van der Waals surface area contributed by atoms with Gasteiger partial charge < -0.3 is 18.7 Å². The van der Waals surface area contributed by atoms with Crippen LogP contribution in [0, 0.1) is 12.7 Å². The van der Waals surface area contributed by atoms with Crippen molar-refractivity contribution in [2.24, 2.45) is 0 Å². The second-order valence-electron chi connectivity index (χ2n) is 1.16. The van der Waals surface area contributed by atoms with E-state index in [1.165, 1.54) is 24.3 Å². The van der Waals surface area contributed by atoms with Crippen molar-refractivity contribution >= 4 is 16.8 Å². The maximum absolute atomic E-state index is 9.99. The fourth-order valence-electron chi connectivity index (χ4n) is 0.225. The molecule has 51 valence electrons. The molecule has 0 amide bonds. The number of allylic oxidation sites excluding steroid dienone is 5. The van der Waals surface area contributed by atoms with Gasteiger partial charge >= 0.3 is 0 Å². The predicted octanol–water partition coefficient (Wildman–Crippen LogP) is 1.65. The molecule has 0 aliphatic rings. The van der Waals surface area contributed by atoms with Crippen molar-refractivity contribution in [3.63, 3.8) is 0 Å². The average molecular weight is 229 g/mol. The van der Waals surface area contributed by atoms with E-state index in [-0.39, 0.29) is 32.7 Å². The number of rotatable bonds is 3. The first-order valence-corrected chi connectivity index (χ1v) is 2.64. The molecular formula is C7H5ClOY-2. The number of carbonyl (C=O) groups excluding carboxylic acids is 1. The van der Waals surface area contributed by atoms with E-state index in [1.807, 2.05) is 0 Å². The monoisotopic (exact) mass is 229 g/mol. The maximum atomic E-state index is 9.99. The zero-order chi connectivity index (χ0) is 7.11. The summed E-state index contributed by atoms with van der Waals surface area (Å²) >= 11 is 4.94. The van der Waals surface area contributed by atoms with Crippen LogP contribution >= 0.6 is 11.6 Å². The number of halogens is 1. The van der Waals surface area contributed by atoms with Crippen LogP contribution in [0.3, 0.4) is 0 Å². The molecule has 0 aromatic carbocycles. The summed E-state index contributed by atoms with van der Waals surface area (Å²) in [6.45, 7) is 4.95. The van der Waals surface area contributed by atoms with Gasteiger partial charge in [0.25, 0.3) is 0 Å². The molecule has 1 nitrogen and oxygen atoms in total. The molecule has 10 heavy (non-hydrogen) atoms. The van der Waals surface area contributed by atoms with E-state index < -0.39 is 5.24 Å². The Kier molecular flexibility index (Phi) is 12.0. The first kappa shape index (κ1) is 12.9. The van der Waals surface area contributed by atoms with Gasteiger partial charge in [0.2, 0.25) is 0 Å². The molecule has 0 aromatic heterocycles. The molecule has 0 N–H and O–H groups in total. The van der Waals surface area contributed by atoms with Crippen LogP contribution in [0.25, 0.3) is 0 Å². The van der Waals surface area contributed by atoms with Gasteiger partial charge in [0, 0.05) is 32.7 Å². The standard InChI is InChI=1S/C7H5ClO.Y/c1-2-3-4-5-6-7(8)9;/h1-3,5-6H;/q-2;/b6-5+;. The van der Waals surface area contributed by atoms with Crippen molar-refractivity contribution < 1.29 is 37.5 Å². The second-order valence-corrected chi connectivity index (χ2v) is 1.54. The minimum Gasteiger partial charge on any atom is -0.361 e. The topological polar surface area (TPSA) is 17.1 Å². The van der Waals surface area contributed by atoms with Gasteiger partial charge in [-0.2, -0.15) is 6.08 Å². The number of hydrogen-bond donors (Lipinski definition) is 0. The van der Waals surface area contributed by atoms with Crippen LogP contribution in [0.1, 0.15) is 0 Å². The molecule has 0 aliphatic heterocycles. The quantitative estimate of drug-likeness (QED) is 0.311. The normalized spacial score (nSPS) is 9.70. The molecule has 1 radical (unpaired) electrons. The molecule has 0 aromatic rings. The zero-order valence-corrected chi connectivity index (χ0v) is 8.84. The summed E-state index contributed by atoms with van der Waals surface area (Å²) in [7, 11) is 0. The van der Waals surface area contributed by atoms with E-state index in [9.17, 15) is 4.79 Å². The Labute approximate surface area is 90.7 Å². The molecule has 0 atom stereocenters. The Morgan fingerprint density at radius 2 is 2.20 bits per heavy atom. The Hall–Kier alpha value is 0.284. The van der Waals surface area contributed by atoms with Crippen molar-refractivity contribution in [2.45, 2.75) is 0 Å². The van der Waals surface area contributed by atoms with Crippen molar-refractivity contribution in [3.8, 4) is 0 Å². The van der Waals surface area contributed by atoms with E-state index >= 15 is 0 Å². The van der Waals surface area contributed by atoms with Crippen molar-refractivity contribution in [2.75, 3.05) is 0 Å². The van der Waals surface area contributed by atoms with E-state index in [1.54, 1.807) is 0 Å². The van der Waals surface area contributed by atoms with Crippen LogP contribution in [0.15, 0.2) is 24.3 Å². The largest absolute Gasteiger partial charge is 0.361 e. The van der Waals surface area contributed by atoms with Crippen LogP contribution in [0.2, 0.25) is 0 Å². The average Bonchev–Trinajstić information content (AvgIpc) is 1.80. The van der Waals surface area contributed by atoms with Gasteiger partial charge in [0.15, 0.2) is 5.24 Å². The minimum absolute atomic E-state index is 0. The van der Waals surface area contributed by atoms with Gasteiger partial charge in [-0.1, -0.05) is 11.6 Å². The Morgan fingerprint density at radius 3 is 2.60 bits per heavy atom. The van der Waals surface area contributed by atoms with Crippen LogP contribution < -0.4 is 0 Å². The number of carbonyl (C=O) groups is 1. The van der Waals surface area contributed by atoms with Crippen LogP contribution in [0.4, 0.5) is 0 Å². The smallest absolute Gasteiger partial charge is 0.191 e. The van der Waals surface area contributed by atoms with Crippen molar-refractivity contribution in [1.82, 2.24) is 0 Å². The molecule has 0 saturated carbocycles. The summed E-state index contributed by atoms with van der Waals surface area (Å²) < 4.78 is 0. The van der Waals surface area contributed by atoms with Gasteiger partial charge in [-0.3, -0.25) is 10.9 Å². The van der Waals surface area contributed by atoms with E-state index in [4.69, 9.17) is 18.2 Å². The first-order chi connectivity index (χ1) is 4.27. The van der Waals surface area contributed by atoms with Crippen LogP contribution in [0.5, 0.6) is 0 Å². The Balaban J connectivity index is 0. The fraction of sp³-hybridized carbons (Fsp3) is 0. The summed E-state index contributed by atoms with van der Waals surface area (Å²) in [4.78, 5) is 9.99. The van der Waals surface area contributed by atoms with Gasteiger partial charge in [-0.25, -0.2) is 0 Å². The Morgan fingerprint density at radius 1 is 1.60 bits per heavy atom. The fourth-order valence-corrected chi connectivity index (χ4v) is 0.288. The third kappa shape index (κ3) is 11.1. The molecule has 0 saturated heterocycles. The molecule has 0 spiro atoms. The van der Waals surface area contributed by atoms with Crippen molar-refractivity contribution in [1.29, 1.82) is 0 Å². The molecule has 0 rings (SSSR count). The van der Waals surface area contributed by atoms with E-state index in [2.05, 4.69) is 6.08 Å². The molecule has 0 aliphatic carbocycles. The first-order valence-electron chi connectivity index (χ1n) is 2.26. The predicted molar refractivity (Wildman–Crippen MR) is 36.7 cm³/mol.